The van der Waals surface area contributed by atoms with Gasteiger partial charge in [0.05, 0.1) is 11.9 Å². The summed E-state index contributed by atoms with van der Waals surface area (Å²) in [5, 5.41) is 6.31. The summed E-state index contributed by atoms with van der Waals surface area (Å²) in [6.45, 7) is 9.34. The minimum absolute atomic E-state index is 0.0892. The van der Waals surface area contributed by atoms with Gasteiger partial charge in [0.25, 0.3) is 0 Å². The van der Waals surface area contributed by atoms with E-state index >= 15 is 0 Å². The maximum absolute atomic E-state index is 12.3. The van der Waals surface area contributed by atoms with Crippen molar-refractivity contribution in [3.8, 4) is 0 Å². The Balaban J connectivity index is 2.31. The Bertz CT molecular complexity index is 492. The van der Waals surface area contributed by atoms with Crippen molar-refractivity contribution in [3.05, 3.63) is 0 Å². The summed E-state index contributed by atoms with van der Waals surface area (Å²) in [6.07, 6.45) is 1.10. The third kappa shape index (κ3) is 8.61. The molecule has 0 amide bonds. The third-order valence-electron chi connectivity index (χ3n) is 4.09. The second-order valence-corrected chi connectivity index (χ2v) is 9.59. The van der Waals surface area contributed by atoms with Crippen LogP contribution in [0.3, 0.4) is 0 Å². The number of aliphatic imine (C=N–C) groups is 1. The molecule has 1 atom stereocenters. The number of guanidine groups is 1. The number of nitrogens with zero attached hydrogens (tertiary/aromatic N) is 2. The first-order valence-corrected chi connectivity index (χ1v) is 11.8. The molecule has 0 spiro atoms. The van der Waals surface area contributed by atoms with E-state index in [1.165, 1.54) is 0 Å². The predicted molar refractivity (Wildman–Crippen MR) is 107 cm³/mol. The quantitative estimate of drug-likeness (QED) is 0.425. The highest BCUT2D eigenvalue weighted by atomic mass is 32.2. The van der Waals surface area contributed by atoms with Crippen LogP contribution in [-0.4, -0.2) is 81.9 Å². The summed E-state index contributed by atoms with van der Waals surface area (Å²) >= 11 is 1.80. The van der Waals surface area contributed by atoms with Crippen molar-refractivity contribution in [2.24, 2.45) is 10.9 Å². The first kappa shape index (κ1) is 22.5. The lowest BCUT2D eigenvalue weighted by atomic mass is 10.0. The lowest BCUT2D eigenvalue weighted by molar-refractivity contribution is 0.0258. The Hall–Kier alpha value is -0.510. The van der Waals surface area contributed by atoms with Crippen molar-refractivity contribution in [1.29, 1.82) is 0 Å². The van der Waals surface area contributed by atoms with Gasteiger partial charge in [-0.15, -0.1) is 0 Å². The van der Waals surface area contributed by atoms with E-state index in [-0.39, 0.29) is 11.9 Å². The summed E-state index contributed by atoms with van der Waals surface area (Å²) in [5.74, 6) is 2.94. The van der Waals surface area contributed by atoms with Crippen LogP contribution in [0.4, 0.5) is 0 Å². The average Bonchev–Trinajstić information content (AvgIpc) is 2.60. The Labute approximate surface area is 157 Å². The maximum Gasteiger partial charge on any atom is 0.215 e. The van der Waals surface area contributed by atoms with Crippen LogP contribution in [0.1, 0.15) is 27.2 Å². The molecule has 0 aromatic rings. The molecule has 148 valence electrons. The molecule has 0 radical (unpaired) electrons. The molecular weight excluding hydrogens is 360 g/mol. The fourth-order valence-corrected chi connectivity index (χ4v) is 5.12. The van der Waals surface area contributed by atoms with Crippen LogP contribution in [-0.2, 0) is 14.8 Å². The van der Waals surface area contributed by atoms with Crippen molar-refractivity contribution in [1.82, 2.24) is 14.9 Å². The van der Waals surface area contributed by atoms with E-state index in [1.807, 2.05) is 6.92 Å². The van der Waals surface area contributed by atoms with Crippen molar-refractivity contribution in [2.45, 2.75) is 33.3 Å². The highest BCUT2D eigenvalue weighted by Crippen LogP contribution is 2.13. The van der Waals surface area contributed by atoms with E-state index in [4.69, 9.17) is 4.74 Å². The normalized spacial score (nSPS) is 18.4. The molecule has 1 aliphatic rings. The van der Waals surface area contributed by atoms with E-state index in [0.29, 0.717) is 38.1 Å². The molecule has 0 saturated carbocycles. The summed E-state index contributed by atoms with van der Waals surface area (Å²) in [7, 11) is -1.50. The summed E-state index contributed by atoms with van der Waals surface area (Å²) in [4.78, 5) is 4.15. The van der Waals surface area contributed by atoms with Crippen molar-refractivity contribution < 1.29 is 13.2 Å². The predicted octanol–water partition coefficient (Wildman–Crippen LogP) is 0.981. The number of sulfonamides is 1. The number of rotatable bonds is 10. The van der Waals surface area contributed by atoms with Gasteiger partial charge in [-0.25, -0.2) is 12.7 Å². The van der Waals surface area contributed by atoms with E-state index in [1.54, 1.807) is 23.1 Å². The van der Waals surface area contributed by atoms with Crippen LogP contribution in [0, 0.1) is 5.92 Å². The number of ether oxygens (including phenoxy) is 1. The van der Waals surface area contributed by atoms with Gasteiger partial charge in [0.2, 0.25) is 10.0 Å². The van der Waals surface area contributed by atoms with Gasteiger partial charge in [-0.05, 0) is 19.3 Å². The SMILES string of the molecule is CCOC(CCNC(=NC)NCCS(=O)(=O)N1CCSCC1)C(C)C. The number of nitrogens with one attached hydrogen (secondary N) is 2. The Morgan fingerprint density at radius 3 is 2.44 bits per heavy atom. The number of hydrogen-bond acceptors (Lipinski definition) is 5. The monoisotopic (exact) mass is 394 g/mol. The fraction of sp³-hybridized carbons (Fsp3) is 0.938. The van der Waals surface area contributed by atoms with Crippen LogP contribution >= 0.6 is 11.8 Å². The fourth-order valence-electron chi connectivity index (χ4n) is 2.63. The molecular formula is C16H34N4O3S2. The summed E-state index contributed by atoms with van der Waals surface area (Å²) in [5.41, 5.74) is 0. The van der Waals surface area contributed by atoms with Crippen LogP contribution in [0.5, 0.6) is 0 Å². The molecule has 1 heterocycles. The van der Waals surface area contributed by atoms with Gasteiger partial charge in [-0.2, -0.15) is 11.8 Å². The molecule has 0 aromatic carbocycles. The zero-order valence-electron chi connectivity index (χ0n) is 16.0. The largest absolute Gasteiger partial charge is 0.378 e. The van der Waals surface area contributed by atoms with E-state index in [2.05, 4.69) is 29.5 Å². The lowest BCUT2D eigenvalue weighted by Gasteiger charge is -2.25. The third-order valence-corrected chi connectivity index (χ3v) is 6.90. The van der Waals surface area contributed by atoms with E-state index in [9.17, 15) is 8.42 Å². The van der Waals surface area contributed by atoms with E-state index in [0.717, 1.165) is 24.5 Å². The highest BCUT2D eigenvalue weighted by Gasteiger charge is 2.23. The summed E-state index contributed by atoms with van der Waals surface area (Å²) < 4.78 is 31.9. The zero-order valence-corrected chi connectivity index (χ0v) is 17.6. The van der Waals surface area contributed by atoms with Crippen molar-refractivity contribution >= 4 is 27.7 Å². The second-order valence-electron chi connectivity index (χ2n) is 6.28. The Morgan fingerprint density at radius 1 is 1.24 bits per heavy atom. The summed E-state index contributed by atoms with van der Waals surface area (Å²) in [6, 6.07) is 0. The second kappa shape index (κ2) is 12.0. The molecule has 0 aliphatic carbocycles. The van der Waals surface area contributed by atoms with Gasteiger partial charge in [-0.1, -0.05) is 13.8 Å². The van der Waals surface area contributed by atoms with Gasteiger partial charge < -0.3 is 15.4 Å². The molecule has 0 bridgehead atoms. The molecule has 1 fully saturated rings. The van der Waals surface area contributed by atoms with Crippen LogP contribution in [0.25, 0.3) is 0 Å². The van der Waals surface area contributed by atoms with Gasteiger partial charge in [-0.3, -0.25) is 4.99 Å². The molecule has 1 saturated heterocycles. The van der Waals surface area contributed by atoms with Crippen LogP contribution in [0.2, 0.25) is 0 Å². The number of hydrogen-bond donors (Lipinski definition) is 2. The number of thioether (sulfide) groups is 1. The molecule has 9 heteroatoms. The van der Waals surface area contributed by atoms with Crippen LogP contribution in [0.15, 0.2) is 4.99 Å². The van der Waals surface area contributed by atoms with Gasteiger partial charge >= 0.3 is 0 Å². The van der Waals surface area contributed by atoms with Crippen molar-refractivity contribution in [2.75, 3.05) is 57.1 Å². The Morgan fingerprint density at radius 2 is 1.88 bits per heavy atom. The zero-order chi connectivity index (χ0) is 18.7. The van der Waals surface area contributed by atoms with Gasteiger partial charge in [0, 0.05) is 51.3 Å². The minimum Gasteiger partial charge on any atom is -0.378 e. The molecule has 7 nitrogen and oxygen atoms in total. The van der Waals surface area contributed by atoms with Gasteiger partial charge in [0.15, 0.2) is 5.96 Å². The molecule has 1 rings (SSSR count). The molecule has 1 unspecified atom stereocenters. The molecule has 0 aromatic heterocycles. The molecule has 2 N–H and O–H groups in total. The maximum atomic E-state index is 12.3. The molecule has 1 aliphatic heterocycles. The van der Waals surface area contributed by atoms with Crippen molar-refractivity contribution in [3.63, 3.8) is 0 Å². The standard InChI is InChI=1S/C16H34N4O3S2/c1-5-23-15(14(2)3)6-7-18-16(17-4)19-8-13-25(21,22)20-9-11-24-12-10-20/h14-15H,5-13H2,1-4H3,(H2,17,18,19). The average molecular weight is 395 g/mol. The topological polar surface area (TPSA) is 83.0 Å². The first-order chi connectivity index (χ1) is 11.9. The highest BCUT2D eigenvalue weighted by molar-refractivity contribution is 7.99. The van der Waals surface area contributed by atoms with Crippen LogP contribution < -0.4 is 10.6 Å². The smallest absolute Gasteiger partial charge is 0.215 e. The minimum atomic E-state index is -3.19. The first-order valence-electron chi connectivity index (χ1n) is 9.02. The lowest BCUT2D eigenvalue weighted by Crippen LogP contribution is -2.44. The van der Waals surface area contributed by atoms with Gasteiger partial charge in [0.1, 0.15) is 0 Å². The Kier molecular flexibility index (Phi) is 10.8. The van der Waals surface area contributed by atoms with E-state index < -0.39 is 10.0 Å². The molecule has 25 heavy (non-hydrogen) atoms.